The Kier molecular flexibility index (Phi) is 7.26. The molecule has 1 aliphatic carbocycles. The first-order valence-corrected chi connectivity index (χ1v) is 18.5. The first-order valence-electron chi connectivity index (χ1n) is 17.7. The van der Waals surface area contributed by atoms with Crippen molar-refractivity contribution >= 4 is 21.4 Å². The van der Waals surface area contributed by atoms with Crippen LogP contribution in [0.5, 0.6) is 0 Å². The molecule has 0 atom stereocenters. The number of nitrogens with zero attached hydrogens (tertiary/aromatic N) is 2. The molecule has 0 saturated carbocycles. The van der Waals surface area contributed by atoms with Crippen LogP contribution in [-0.2, 0) is 5.41 Å². The number of benzene rings is 7. The van der Waals surface area contributed by atoms with Gasteiger partial charge in [-0.15, -0.1) is 11.3 Å². The molecule has 0 saturated heterocycles. The summed E-state index contributed by atoms with van der Waals surface area (Å²) in [6.07, 6.45) is 0. The van der Waals surface area contributed by atoms with E-state index in [1.807, 2.05) is 0 Å². The number of hydrogen-bond donors (Lipinski definition) is 0. The van der Waals surface area contributed by atoms with Crippen molar-refractivity contribution in [2.75, 3.05) is 0 Å². The van der Waals surface area contributed by atoms with Crippen LogP contribution in [0.2, 0.25) is 0 Å². The molecule has 7 aromatic carbocycles. The minimum absolute atomic E-state index is 0.484. The zero-order chi connectivity index (χ0) is 34.5. The summed E-state index contributed by atoms with van der Waals surface area (Å²) in [5, 5.41) is 1.20. The van der Waals surface area contributed by atoms with Crippen LogP contribution in [0.25, 0.3) is 65.6 Å². The van der Waals surface area contributed by atoms with E-state index in [4.69, 9.17) is 9.97 Å². The molecule has 0 radical (unpaired) electrons. The number of thiophene rings is 1. The molecule has 2 aromatic heterocycles. The maximum absolute atomic E-state index is 5.33. The highest BCUT2D eigenvalue weighted by molar-refractivity contribution is 7.22. The number of rotatable bonds is 6. The normalized spacial score (nSPS) is 12.8. The largest absolute Gasteiger partial charge is 0.227 e. The molecule has 0 unspecified atom stereocenters. The van der Waals surface area contributed by atoms with Crippen molar-refractivity contribution in [1.29, 1.82) is 0 Å². The molecular weight excluding hydrogens is 649 g/mol. The maximum Gasteiger partial charge on any atom is 0.170 e. The molecule has 1 aliphatic rings. The van der Waals surface area contributed by atoms with Crippen LogP contribution in [0.3, 0.4) is 0 Å². The van der Waals surface area contributed by atoms with Crippen molar-refractivity contribution in [3.63, 3.8) is 0 Å². The highest BCUT2D eigenvalue weighted by Gasteiger charge is 2.46. The van der Waals surface area contributed by atoms with Crippen molar-refractivity contribution in [1.82, 2.24) is 9.97 Å². The Morgan fingerprint density at radius 2 is 0.923 bits per heavy atom. The van der Waals surface area contributed by atoms with Crippen LogP contribution >= 0.6 is 11.3 Å². The van der Waals surface area contributed by atoms with Gasteiger partial charge in [0.2, 0.25) is 0 Å². The Bertz CT molecular complexity index is 2640. The van der Waals surface area contributed by atoms with Gasteiger partial charge in [0.15, 0.2) is 5.82 Å². The van der Waals surface area contributed by atoms with Gasteiger partial charge < -0.3 is 0 Å². The third kappa shape index (κ3) is 4.93. The minimum Gasteiger partial charge on any atom is -0.227 e. The van der Waals surface area contributed by atoms with E-state index < -0.39 is 5.41 Å². The third-order valence-corrected chi connectivity index (χ3v) is 11.5. The van der Waals surface area contributed by atoms with E-state index in [-0.39, 0.29) is 0 Å². The topological polar surface area (TPSA) is 25.8 Å². The fraction of sp³-hybridized carbons (Fsp3) is 0.0204. The second-order valence-corrected chi connectivity index (χ2v) is 14.4. The number of aromatic nitrogens is 2. The lowest BCUT2D eigenvalue weighted by Crippen LogP contribution is -2.28. The van der Waals surface area contributed by atoms with Crippen molar-refractivity contribution < 1.29 is 0 Å². The molecule has 0 aliphatic heterocycles. The molecule has 0 amide bonds. The molecule has 0 fully saturated rings. The van der Waals surface area contributed by atoms with Gasteiger partial charge in [-0.2, -0.15) is 0 Å². The van der Waals surface area contributed by atoms with Crippen LogP contribution in [-0.4, -0.2) is 9.97 Å². The van der Waals surface area contributed by atoms with E-state index in [9.17, 15) is 0 Å². The Morgan fingerprint density at radius 1 is 0.385 bits per heavy atom. The first-order chi connectivity index (χ1) is 25.8. The van der Waals surface area contributed by atoms with Gasteiger partial charge in [0, 0.05) is 15.8 Å². The Labute approximate surface area is 307 Å². The van der Waals surface area contributed by atoms with Crippen LogP contribution in [0, 0.1) is 0 Å². The fourth-order valence-corrected chi connectivity index (χ4v) is 9.01. The lowest BCUT2D eigenvalue weighted by Gasteiger charge is -2.34. The summed E-state index contributed by atoms with van der Waals surface area (Å²) < 4.78 is 1.23. The van der Waals surface area contributed by atoms with E-state index >= 15 is 0 Å². The summed E-state index contributed by atoms with van der Waals surface area (Å²) in [4.78, 5) is 11.6. The summed E-state index contributed by atoms with van der Waals surface area (Å²) in [5.41, 5.74) is 13.4. The summed E-state index contributed by atoms with van der Waals surface area (Å²) in [6.45, 7) is 0. The zero-order valence-corrected chi connectivity index (χ0v) is 29.1. The highest BCUT2D eigenvalue weighted by atomic mass is 32.1. The standard InChI is InChI=1S/C49H32N2S/c1-4-14-33(15-5-1)34-24-26-35(27-25-34)44-32-45(51-48(50-44)47-31-37-16-10-13-23-46(37)52-47)36-28-29-41-40-21-11-12-22-42(40)49(43(41)30-36,38-17-6-2-7-18-38)39-19-8-3-9-20-39/h1-32H. The molecule has 0 N–H and O–H groups in total. The van der Waals surface area contributed by atoms with Gasteiger partial charge in [0.05, 0.1) is 21.7 Å². The van der Waals surface area contributed by atoms with Gasteiger partial charge in [-0.05, 0) is 74.2 Å². The Balaban J connectivity index is 1.19. The molecule has 10 rings (SSSR count). The van der Waals surface area contributed by atoms with Crippen molar-refractivity contribution in [3.05, 3.63) is 216 Å². The molecular formula is C49H32N2S. The maximum atomic E-state index is 5.33. The molecule has 2 heterocycles. The van der Waals surface area contributed by atoms with Crippen LogP contribution in [0.1, 0.15) is 22.3 Å². The molecule has 9 aromatic rings. The summed E-state index contributed by atoms with van der Waals surface area (Å²) in [7, 11) is 0. The smallest absolute Gasteiger partial charge is 0.170 e. The number of hydrogen-bond acceptors (Lipinski definition) is 3. The zero-order valence-electron chi connectivity index (χ0n) is 28.3. The van der Waals surface area contributed by atoms with E-state index in [0.717, 1.165) is 33.2 Å². The summed E-state index contributed by atoms with van der Waals surface area (Å²) in [5.74, 6) is 0.738. The van der Waals surface area contributed by atoms with E-state index in [1.165, 1.54) is 54.6 Å². The predicted molar refractivity (Wildman–Crippen MR) is 216 cm³/mol. The molecule has 0 bridgehead atoms. The lowest BCUT2D eigenvalue weighted by molar-refractivity contribution is 0.768. The summed E-state index contributed by atoms with van der Waals surface area (Å²) in [6, 6.07) is 69.8. The SMILES string of the molecule is c1ccc(-c2ccc(-c3cc(-c4ccc5c(c4)C(c4ccccc4)(c4ccccc4)c4ccccc4-5)nc(-c4cc5ccccc5s4)n3)cc2)cc1. The van der Waals surface area contributed by atoms with Gasteiger partial charge in [0.25, 0.3) is 0 Å². The molecule has 2 nitrogen and oxygen atoms in total. The molecule has 0 spiro atoms. The van der Waals surface area contributed by atoms with Gasteiger partial charge in [0.1, 0.15) is 0 Å². The second kappa shape index (κ2) is 12.4. The molecule has 3 heteroatoms. The Hall–Kier alpha value is -6.42. The molecule has 52 heavy (non-hydrogen) atoms. The van der Waals surface area contributed by atoms with Gasteiger partial charge in [-0.1, -0.05) is 170 Å². The highest BCUT2D eigenvalue weighted by Crippen LogP contribution is 2.56. The third-order valence-electron chi connectivity index (χ3n) is 10.4. The van der Waals surface area contributed by atoms with Crippen LogP contribution < -0.4 is 0 Å². The average molecular weight is 681 g/mol. The van der Waals surface area contributed by atoms with Gasteiger partial charge in [-0.25, -0.2) is 9.97 Å². The van der Waals surface area contributed by atoms with Crippen LogP contribution in [0.4, 0.5) is 0 Å². The van der Waals surface area contributed by atoms with Gasteiger partial charge in [-0.3, -0.25) is 0 Å². The fourth-order valence-electron chi connectivity index (χ4n) is 8.01. The van der Waals surface area contributed by atoms with Gasteiger partial charge >= 0.3 is 0 Å². The van der Waals surface area contributed by atoms with E-state index in [2.05, 4.69) is 194 Å². The quantitative estimate of drug-likeness (QED) is 0.175. The monoisotopic (exact) mass is 680 g/mol. The van der Waals surface area contributed by atoms with Crippen LogP contribution in [0.15, 0.2) is 194 Å². The van der Waals surface area contributed by atoms with E-state index in [0.29, 0.717) is 0 Å². The minimum atomic E-state index is -0.484. The average Bonchev–Trinajstić information content (AvgIpc) is 3.80. The second-order valence-electron chi connectivity index (χ2n) is 13.3. The Morgan fingerprint density at radius 3 is 1.63 bits per heavy atom. The van der Waals surface area contributed by atoms with Crippen molar-refractivity contribution in [2.24, 2.45) is 0 Å². The summed E-state index contributed by atoms with van der Waals surface area (Å²) >= 11 is 1.74. The molecule has 244 valence electrons. The predicted octanol–water partition coefficient (Wildman–Crippen LogP) is 12.7. The first kappa shape index (κ1) is 30.4. The van der Waals surface area contributed by atoms with E-state index in [1.54, 1.807) is 11.3 Å². The van der Waals surface area contributed by atoms with Crippen molar-refractivity contribution in [2.45, 2.75) is 5.41 Å². The lowest BCUT2D eigenvalue weighted by atomic mass is 9.67. The van der Waals surface area contributed by atoms with Crippen molar-refractivity contribution in [3.8, 4) is 55.5 Å². The number of fused-ring (bicyclic) bond motifs is 4.